The molecule has 0 amide bonds. The van der Waals surface area contributed by atoms with Gasteiger partial charge >= 0.3 is 0 Å². The number of imidazole rings is 1. The number of hydrogen-bond donors (Lipinski definition) is 3. The van der Waals surface area contributed by atoms with Crippen molar-refractivity contribution in [3.8, 4) is 0 Å². The molecular weight excluding hydrogens is 300 g/mol. The second-order valence-electron chi connectivity index (χ2n) is 6.52. The molecule has 1 saturated carbocycles. The van der Waals surface area contributed by atoms with E-state index in [1.54, 1.807) is 4.52 Å². The summed E-state index contributed by atoms with van der Waals surface area (Å²) < 4.78 is 1.78. The SMILES string of the molecule is Nc1cc(Nc2ccccc2)c2nc(C3CCC(N)CC3)cn2n1. The van der Waals surface area contributed by atoms with Crippen LogP contribution in [0, 0.1) is 0 Å². The number of para-hydroxylation sites is 1. The Labute approximate surface area is 140 Å². The van der Waals surface area contributed by atoms with Crippen LogP contribution in [0.5, 0.6) is 0 Å². The van der Waals surface area contributed by atoms with Crippen LogP contribution in [-0.2, 0) is 0 Å². The van der Waals surface area contributed by atoms with E-state index in [-0.39, 0.29) is 0 Å². The third-order valence-corrected chi connectivity index (χ3v) is 4.71. The van der Waals surface area contributed by atoms with Crippen molar-refractivity contribution < 1.29 is 0 Å². The van der Waals surface area contributed by atoms with Crippen molar-refractivity contribution in [1.82, 2.24) is 14.6 Å². The van der Waals surface area contributed by atoms with Crippen molar-refractivity contribution in [2.24, 2.45) is 5.73 Å². The van der Waals surface area contributed by atoms with Gasteiger partial charge in [0.25, 0.3) is 0 Å². The van der Waals surface area contributed by atoms with Crippen LogP contribution in [-0.4, -0.2) is 20.6 Å². The molecule has 0 spiro atoms. The van der Waals surface area contributed by atoms with Gasteiger partial charge in [0.05, 0.1) is 17.6 Å². The van der Waals surface area contributed by atoms with Gasteiger partial charge in [-0.2, -0.15) is 0 Å². The number of hydrogen-bond acceptors (Lipinski definition) is 5. The Balaban J connectivity index is 1.69. The first-order valence-corrected chi connectivity index (χ1v) is 8.42. The molecule has 0 unspecified atom stereocenters. The molecule has 124 valence electrons. The monoisotopic (exact) mass is 322 g/mol. The van der Waals surface area contributed by atoms with Crippen LogP contribution in [0.2, 0.25) is 0 Å². The fourth-order valence-electron chi connectivity index (χ4n) is 3.40. The first kappa shape index (κ1) is 15.0. The molecule has 2 heterocycles. The molecule has 4 rings (SSSR count). The minimum absolute atomic E-state index is 0.336. The van der Waals surface area contributed by atoms with Crippen molar-refractivity contribution >= 4 is 22.8 Å². The number of anilines is 3. The standard InChI is InChI=1S/C18H22N6/c19-13-8-6-12(7-9-13)16-11-24-18(22-16)15(10-17(20)23-24)21-14-4-2-1-3-5-14/h1-5,10-13,21H,6-9,19H2,(H2,20,23). The minimum atomic E-state index is 0.336. The quantitative estimate of drug-likeness (QED) is 0.689. The molecule has 1 aliphatic rings. The van der Waals surface area contributed by atoms with E-state index >= 15 is 0 Å². The topological polar surface area (TPSA) is 94.3 Å². The lowest BCUT2D eigenvalue weighted by Crippen LogP contribution is -2.25. The van der Waals surface area contributed by atoms with Gasteiger partial charge in [0, 0.05) is 23.7 Å². The molecule has 2 aromatic heterocycles. The molecule has 3 aromatic rings. The highest BCUT2D eigenvalue weighted by atomic mass is 15.3. The molecule has 6 nitrogen and oxygen atoms in total. The molecule has 24 heavy (non-hydrogen) atoms. The van der Waals surface area contributed by atoms with Gasteiger partial charge in [0.2, 0.25) is 0 Å². The summed E-state index contributed by atoms with van der Waals surface area (Å²) in [5.41, 5.74) is 15.7. The van der Waals surface area contributed by atoms with Crippen LogP contribution < -0.4 is 16.8 Å². The van der Waals surface area contributed by atoms with Gasteiger partial charge in [0.1, 0.15) is 5.82 Å². The van der Waals surface area contributed by atoms with Crippen LogP contribution in [0.15, 0.2) is 42.6 Å². The van der Waals surface area contributed by atoms with Crippen LogP contribution in [0.25, 0.3) is 5.65 Å². The average molecular weight is 322 g/mol. The zero-order valence-electron chi connectivity index (χ0n) is 13.5. The predicted octanol–water partition coefficient (Wildman–Crippen LogP) is 3.04. The molecule has 0 saturated heterocycles. The maximum Gasteiger partial charge on any atom is 0.177 e. The molecule has 0 bridgehead atoms. The average Bonchev–Trinajstić information content (AvgIpc) is 3.00. The lowest BCUT2D eigenvalue weighted by Gasteiger charge is -2.24. The molecule has 6 heteroatoms. The summed E-state index contributed by atoms with van der Waals surface area (Å²) in [5, 5.41) is 7.76. The van der Waals surface area contributed by atoms with Gasteiger partial charge in [-0.25, -0.2) is 9.50 Å². The normalized spacial score (nSPS) is 21.0. The van der Waals surface area contributed by atoms with Crippen LogP contribution in [0.3, 0.4) is 0 Å². The maximum atomic E-state index is 6.02. The number of nitrogens with two attached hydrogens (primary N) is 2. The van der Waals surface area contributed by atoms with Gasteiger partial charge in [-0.15, -0.1) is 5.10 Å². The number of nitrogens with zero attached hydrogens (tertiary/aromatic N) is 3. The van der Waals surface area contributed by atoms with Gasteiger partial charge in [-0.3, -0.25) is 0 Å². The third-order valence-electron chi connectivity index (χ3n) is 4.71. The fraction of sp³-hybridized carbons (Fsp3) is 0.333. The Kier molecular flexibility index (Phi) is 3.82. The first-order valence-electron chi connectivity index (χ1n) is 8.42. The van der Waals surface area contributed by atoms with E-state index in [0.717, 1.165) is 48.4 Å². The van der Waals surface area contributed by atoms with E-state index in [0.29, 0.717) is 17.8 Å². The Bertz CT molecular complexity index is 833. The lowest BCUT2D eigenvalue weighted by molar-refractivity contribution is 0.391. The van der Waals surface area contributed by atoms with Gasteiger partial charge < -0.3 is 16.8 Å². The Hall–Kier alpha value is -2.60. The van der Waals surface area contributed by atoms with Gasteiger partial charge in [0.15, 0.2) is 5.65 Å². The van der Waals surface area contributed by atoms with Crippen LogP contribution >= 0.6 is 0 Å². The number of nitrogens with one attached hydrogen (secondary N) is 1. The molecule has 1 aliphatic carbocycles. The van der Waals surface area contributed by atoms with Crippen LogP contribution in [0.4, 0.5) is 17.2 Å². The molecule has 5 N–H and O–H groups in total. The van der Waals surface area contributed by atoms with E-state index in [1.807, 2.05) is 42.6 Å². The third kappa shape index (κ3) is 2.92. The minimum Gasteiger partial charge on any atom is -0.382 e. The smallest absolute Gasteiger partial charge is 0.177 e. The van der Waals surface area contributed by atoms with E-state index in [1.165, 1.54) is 0 Å². The van der Waals surface area contributed by atoms with Crippen molar-refractivity contribution in [1.29, 1.82) is 0 Å². The number of benzene rings is 1. The lowest BCUT2D eigenvalue weighted by atomic mass is 9.85. The number of aromatic nitrogens is 3. The second-order valence-corrected chi connectivity index (χ2v) is 6.52. The fourth-order valence-corrected chi connectivity index (χ4v) is 3.40. The Morgan fingerprint density at radius 3 is 2.58 bits per heavy atom. The zero-order chi connectivity index (χ0) is 16.5. The second kappa shape index (κ2) is 6.13. The van der Waals surface area contributed by atoms with Crippen LogP contribution in [0.1, 0.15) is 37.3 Å². The molecular formula is C18H22N6. The van der Waals surface area contributed by atoms with Crippen molar-refractivity contribution in [2.45, 2.75) is 37.6 Å². The van der Waals surface area contributed by atoms with Gasteiger partial charge in [-0.1, -0.05) is 18.2 Å². The highest BCUT2D eigenvalue weighted by Gasteiger charge is 2.23. The highest BCUT2D eigenvalue weighted by Crippen LogP contribution is 2.33. The molecule has 0 atom stereocenters. The van der Waals surface area contributed by atoms with E-state index in [2.05, 4.69) is 10.4 Å². The van der Waals surface area contributed by atoms with E-state index < -0.39 is 0 Å². The Morgan fingerprint density at radius 1 is 1.08 bits per heavy atom. The first-order chi connectivity index (χ1) is 11.7. The molecule has 0 radical (unpaired) electrons. The van der Waals surface area contributed by atoms with Crippen molar-refractivity contribution in [3.63, 3.8) is 0 Å². The highest BCUT2D eigenvalue weighted by molar-refractivity contribution is 5.75. The number of fused-ring (bicyclic) bond motifs is 1. The van der Waals surface area contributed by atoms with E-state index in [4.69, 9.17) is 16.5 Å². The Morgan fingerprint density at radius 2 is 1.83 bits per heavy atom. The number of rotatable bonds is 3. The zero-order valence-corrected chi connectivity index (χ0v) is 13.5. The molecule has 1 aromatic carbocycles. The summed E-state index contributed by atoms with van der Waals surface area (Å²) in [5.74, 6) is 0.924. The molecule has 1 fully saturated rings. The summed E-state index contributed by atoms with van der Waals surface area (Å²) in [7, 11) is 0. The summed E-state index contributed by atoms with van der Waals surface area (Å²) in [6.45, 7) is 0. The predicted molar refractivity (Wildman–Crippen MR) is 96.3 cm³/mol. The van der Waals surface area contributed by atoms with Gasteiger partial charge in [-0.05, 0) is 37.8 Å². The maximum absolute atomic E-state index is 6.02. The summed E-state index contributed by atoms with van der Waals surface area (Å²) in [6, 6.07) is 12.2. The van der Waals surface area contributed by atoms with E-state index in [9.17, 15) is 0 Å². The van der Waals surface area contributed by atoms with Crippen molar-refractivity contribution in [2.75, 3.05) is 11.1 Å². The largest absolute Gasteiger partial charge is 0.382 e. The molecule has 0 aliphatic heterocycles. The summed E-state index contributed by atoms with van der Waals surface area (Å²) in [6.07, 6.45) is 6.29. The summed E-state index contributed by atoms with van der Waals surface area (Å²) >= 11 is 0. The number of nitrogen functional groups attached to an aromatic ring is 1. The summed E-state index contributed by atoms with van der Waals surface area (Å²) in [4.78, 5) is 4.84. The van der Waals surface area contributed by atoms with Crippen molar-refractivity contribution in [3.05, 3.63) is 48.3 Å².